The van der Waals surface area contributed by atoms with E-state index in [2.05, 4.69) is 10.1 Å². The summed E-state index contributed by atoms with van der Waals surface area (Å²) in [5.74, 6) is -7.13. The van der Waals surface area contributed by atoms with Gasteiger partial charge >= 0.3 is 5.69 Å². The van der Waals surface area contributed by atoms with Crippen LogP contribution < -0.4 is 10.4 Å². The average Bonchev–Trinajstić information content (AvgIpc) is 3.08. The predicted molar refractivity (Wildman–Crippen MR) is 109 cm³/mol. The van der Waals surface area contributed by atoms with Crippen molar-refractivity contribution in [3.05, 3.63) is 69.7 Å². The van der Waals surface area contributed by atoms with E-state index in [0.29, 0.717) is 23.7 Å². The van der Waals surface area contributed by atoms with Crippen molar-refractivity contribution < 1.29 is 31.8 Å². The van der Waals surface area contributed by atoms with Gasteiger partial charge in [-0.1, -0.05) is 0 Å². The predicted octanol–water partition coefficient (Wildman–Crippen LogP) is 3.72. The van der Waals surface area contributed by atoms with Gasteiger partial charge in [0.2, 0.25) is 0 Å². The molecule has 12 heteroatoms. The molecule has 0 bridgehead atoms. The van der Waals surface area contributed by atoms with Crippen LogP contribution in [0.1, 0.15) is 30.9 Å². The van der Waals surface area contributed by atoms with Crippen molar-refractivity contribution in [3.63, 3.8) is 0 Å². The normalized spacial score (nSPS) is 12.3. The van der Waals surface area contributed by atoms with Crippen molar-refractivity contribution in [1.82, 2.24) is 19.3 Å². The molecule has 0 atom stereocenters. The van der Waals surface area contributed by atoms with Crippen LogP contribution in [0.3, 0.4) is 0 Å². The zero-order valence-electron chi connectivity index (χ0n) is 17.5. The fourth-order valence-electron chi connectivity index (χ4n) is 2.95. The third-order valence-electron chi connectivity index (χ3n) is 4.46. The highest BCUT2D eigenvalue weighted by Gasteiger charge is 2.25. The van der Waals surface area contributed by atoms with E-state index in [0.717, 1.165) is 16.7 Å². The summed E-state index contributed by atoms with van der Waals surface area (Å²) in [7, 11) is 0. The molecule has 0 spiro atoms. The van der Waals surface area contributed by atoms with Gasteiger partial charge in [0.05, 0.1) is 5.56 Å². The maximum absolute atomic E-state index is 15.0. The lowest BCUT2D eigenvalue weighted by atomic mass is 10.1. The molecule has 33 heavy (non-hydrogen) atoms. The molecular formula is C21H19F5N4O3. The summed E-state index contributed by atoms with van der Waals surface area (Å²) >= 11 is 0. The molecule has 2 heterocycles. The molecule has 3 rings (SSSR count). The Bertz CT molecular complexity index is 1250. The van der Waals surface area contributed by atoms with Crippen LogP contribution in [-0.2, 0) is 13.2 Å². The molecule has 0 fully saturated rings. The molecule has 0 radical (unpaired) electrons. The van der Waals surface area contributed by atoms with Gasteiger partial charge in [-0.3, -0.25) is 9.55 Å². The number of hydrogen-bond acceptors (Lipinski definition) is 5. The van der Waals surface area contributed by atoms with Gasteiger partial charge in [-0.05, 0) is 25.1 Å². The van der Waals surface area contributed by atoms with Crippen LogP contribution in [0.5, 0.6) is 5.75 Å². The van der Waals surface area contributed by atoms with Crippen LogP contribution in [0.15, 0.2) is 35.3 Å². The van der Waals surface area contributed by atoms with E-state index in [1.165, 1.54) is 12.3 Å². The number of alkyl halides is 2. The molecular weight excluding hydrogens is 451 g/mol. The quantitative estimate of drug-likeness (QED) is 0.508. The second-order valence-corrected chi connectivity index (χ2v) is 7.03. The van der Waals surface area contributed by atoms with Gasteiger partial charge in [0.15, 0.2) is 12.4 Å². The lowest BCUT2D eigenvalue weighted by Crippen LogP contribution is -2.25. The van der Waals surface area contributed by atoms with Crippen molar-refractivity contribution in [2.75, 3.05) is 6.61 Å². The molecule has 0 aliphatic rings. The van der Waals surface area contributed by atoms with E-state index in [4.69, 9.17) is 4.74 Å². The summed E-state index contributed by atoms with van der Waals surface area (Å²) in [5.41, 5.74) is -2.34. The number of aromatic nitrogens is 4. The van der Waals surface area contributed by atoms with Gasteiger partial charge in [-0.2, -0.15) is 4.68 Å². The maximum Gasteiger partial charge on any atom is 0.350 e. The zero-order valence-corrected chi connectivity index (χ0v) is 17.5. The average molecular weight is 470 g/mol. The molecule has 176 valence electrons. The van der Waals surface area contributed by atoms with Gasteiger partial charge in [0.25, 0.3) is 5.92 Å². The maximum atomic E-state index is 15.0. The first-order valence-electron chi connectivity index (χ1n) is 9.68. The summed E-state index contributed by atoms with van der Waals surface area (Å²) in [6.45, 7) is 0.478. The van der Waals surface area contributed by atoms with E-state index in [1.807, 2.05) is 0 Å². The van der Waals surface area contributed by atoms with Crippen LogP contribution in [0.2, 0.25) is 0 Å². The van der Waals surface area contributed by atoms with Crippen molar-refractivity contribution >= 4 is 11.9 Å². The minimum Gasteiger partial charge on any atom is -0.487 e. The van der Waals surface area contributed by atoms with Crippen LogP contribution in [0, 0.1) is 11.6 Å². The summed E-state index contributed by atoms with van der Waals surface area (Å²) < 4.78 is 77.2. The van der Waals surface area contributed by atoms with Crippen LogP contribution in [-0.4, -0.2) is 37.0 Å². The van der Waals surface area contributed by atoms with Crippen molar-refractivity contribution in [1.29, 1.82) is 0 Å². The summed E-state index contributed by atoms with van der Waals surface area (Å²) in [4.78, 5) is 16.2. The molecule has 0 saturated carbocycles. The van der Waals surface area contributed by atoms with Gasteiger partial charge < -0.3 is 9.84 Å². The Labute approximate surface area is 184 Å². The molecule has 7 nitrogen and oxygen atoms in total. The molecule has 0 amide bonds. The van der Waals surface area contributed by atoms with Crippen LogP contribution in [0.25, 0.3) is 17.6 Å². The Kier molecular flexibility index (Phi) is 6.96. The molecule has 3 aromatic rings. The smallest absolute Gasteiger partial charge is 0.350 e. The Morgan fingerprint density at radius 2 is 2.00 bits per heavy atom. The third-order valence-corrected chi connectivity index (χ3v) is 4.46. The SMILES string of the molecule is CCn1c(CO)nn(-c2cc(OCC(C)(F)F)c(/C(F)=C/c3ncccc3F)cc2F)c1=O. The van der Waals surface area contributed by atoms with Crippen LogP contribution in [0.4, 0.5) is 22.0 Å². The highest BCUT2D eigenvalue weighted by atomic mass is 19.3. The zero-order chi connectivity index (χ0) is 24.3. The number of nitrogens with zero attached hydrogens (tertiary/aromatic N) is 4. The standard InChI is InChI=1S/C21H19F5N4O3/c1-3-29-19(10-31)28-30(20(29)32)17-9-18(33-11-21(2,25)26)12(7-15(17)24)14(23)8-16-13(22)5-4-6-27-16/h4-9,31H,3,10-11H2,1-2H3/b14-8-. The van der Waals surface area contributed by atoms with Crippen molar-refractivity contribution in [2.24, 2.45) is 0 Å². The Morgan fingerprint density at radius 3 is 2.58 bits per heavy atom. The van der Waals surface area contributed by atoms with Crippen molar-refractivity contribution in [2.45, 2.75) is 32.9 Å². The lowest BCUT2D eigenvalue weighted by Gasteiger charge is -2.16. The lowest BCUT2D eigenvalue weighted by molar-refractivity contribution is -0.0230. The van der Waals surface area contributed by atoms with E-state index < -0.39 is 65.0 Å². The Balaban J connectivity index is 2.17. The topological polar surface area (TPSA) is 82.2 Å². The number of pyridine rings is 1. The highest BCUT2D eigenvalue weighted by molar-refractivity contribution is 5.79. The number of hydrogen-bond donors (Lipinski definition) is 1. The summed E-state index contributed by atoms with van der Waals surface area (Å²) in [6.07, 6.45) is 1.86. The Morgan fingerprint density at radius 1 is 1.27 bits per heavy atom. The van der Waals surface area contributed by atoms with E-state index in [9.17, 15) is 31.9 Å². The fraction of sp³-hybridized carbons (Fsp3) is 0.286. The first-order chi connectivity index (χ1) is 15.6. The fourth-order valence-corrected chi connectivity index (χ4v) is 2.95. The second kappa shape index (κ2) is 9.53. The van der Waals surface area contributed by atoms with Crippen molar-refractivity contribution in [3.8, 4) is 11.4 Å². The third kappa shape index (κ3) is 5.28. The van der Waals surface area contributed by atoms with E-state index in [1.54, 1.807) is 6.92 Å². The highest BCUT2D eigenvalue weighted by Crippen LogP contribution is 2.33. The molecule has 1 aromatic carbocycles. The van der Waals surface area contributed by atoms with Gasteiger partial charge in [0.1, 0.15) is 41.2 Å². The van der Waals surface area contributed by atoms with Crippen LogP contribution >= 0.6 is 0 Å². The minimum absolute atomic E-state index is 0.0646. The van der Waals surface area contributed by atoms with Gasteiger partial charge in [0, 0.05) is 31.8 Å². The number of aliphatic hydroxyl groups excluding tert-OH is 1. The first kappa shape index (κ1) is 24.1. The second-order valence-electron chi connectivity index (χ2n) is 7.03. The number of halogens is 5. The van der Waals surface area contributed by atoms with E-state index in [-0.39, 0.29) is 12.4 Å². The number of aliphatic hydroxyl groups is 1. The van der Waals surface area contributed by atoms with E-state index >= 15 is 0 Å². The first-order valence-corrected chi connectivity index (χ1v) is 9.68. The monoisotopic (exact) mass is 470 g/mol. The molecule has 2 aromatic heterocycles. The van der Waals surface area contributed by atoms with Gasteiger partial charge in [-0.25, -0.2) is 26.7 Å². The van der Waals surface area contributed by atoms with Gasteiger partial charge in [-0.15, -0.1) is 5.10 Å². The molecule has 1 N–H and O–H groups in total. The molecule has 0 saturated heterocycles. The number of benzene rings is 1. The molecule has 0 unspecified atom stereocenters. The largest absolute Gasteiger partial charge is 0.487 e. The molecule has 0 aliphatic heterocycles. The summed E-state index contributed by atoms with van der Waals surface area (Å²) in [6, 6.07) is 3.75. The Hall–Kier alpha value is -3.54. The minimum atomic E-state index is -3.32. The molecule has 0 aliphatic carbocycles. The summed E-state index contributed by atoms with van der Waals surface area (Å²) in [5, 5.41) is 13.2. The number of ether oxygens (including phenoxy) is 1. The number of rotatable bonds is 8.